The van der Waals surface area contributed by atoms with E-state index in [0.717, 1.165) is 27.1 Å². The zero-order valence-corrected chi connectivity index (χ0v) is 17.8. The maximum Gasteiger partial charge on any atom is 0.252 e. The fourth-order valence-electron chi connectivity index (χ4n) is 2.07. The highest BCUT2D eigenvalue weighted by Crippen LogP contribution is 2.27. The number of aryl methyl sites for hydroxylation is 1. The van der Waals surface area contributed by atoms with Gasteiger partial charge >= 0.3 is 0 Å². The van der Waals surface area contributed by atoms with E-state index in [-0.39, 0.29) is 16.7 Å². The highest BCUT2D eigenvalue weighted by atomic mass is 35.5. The van der Waals surface area contributed by atoms with Crippen molar-refractivity contribution < 1.29 is 13.2 Å². The molecule has 0 aliphatic rings. The number of thiophene rings is 1. The fraction of sp³-hybridized carbons (Fsp3) is 0.353. The van der Waals surface area contributed by atoms with Crippen molar-refractivity contribution in [2.45, 2.75) is 16.9 Å². The average Bonchev–Trinajstić information content (AvgIpc) is 3.03. The molecule has 142 valence electrons. The number of thioether (sulfide) groups is 1. The molecule has 1 heterocycles. The summed E-state index contributed by atoms with van der Waals surface area (Å²) in [5.74, 6) is 1.31. The molecule has 1 N–H and O–H groups in total. The number of rotatable bonds is 9. The minimum absolute atomic E-state index is 0.131. The Labute approximate surface area is 167 Å². The number of carbonyl (C=O) groups is 1. The van der Waals surface area contributed by atoms with Gasteiger partial charge in [0, 0.05) is 25.1 Å². The highest BCUT2D eigenvalue weighted by molar-refractivity contribution is 7.98. The van der Waals surface area contributed by atoms with E-state index >= 15 is 0 Å². The molecule has 1 amide bonds. The lowest BCUT2D eigenvalue weighted by Crippen LogP contribution is -2.38. The summed E-state index contributed by atoms with van der Waals surface area (Å²) in [7, 11) is -2.30. The molecule has 2 aromatic rings. The van der Waals surface area contributed by atoms with Gasteiger partial charge in [-0.2, -0.15) is 16.1 Å². The molecule has 26 heavy (non-hydrogen) atoms. The number of benzene rings is 1. The standard InChI is InChI=1S/C17H21ClN2O3S3/c1-13-3-5-14(6-4-13)12-24-10-9-19-16(21)11-20(2)26(22,23)17-8-7-15(18)25-17/h3-8H,9-12H2,1-2H3,(H,19,21). The van der Waals surface area contributed by atoms with E-state index in [1.54, 1.807) is 11.8 Å². The normalized spacial score (nSPS) is 11.7. The second kappa shape index (κ2) is 9.75. The van der Waals surface area contributed by atoms with E-state index in [1.165, 1.54) is 30.3 Å². The van der Waals surface area contributed by atoms with Crippen molar-refractivity contribution in [2.24, 2.45) is 0 Å². The molecule has 1 aromatic carbocycles. The predicted octanol–water partition coefficient (Wildman–Crippen LogP) is 3.38. The summed E-state index contributed by atoms with van der Waals surface area (Å²) in [4.78, 5) is 12.0. The average molecular weight is 433 g/mol. The van der Waals surface area contributed by atoms with E-state index in [1.807, 2.05) is 0 Å². The second-order valence-electron chi connectivity index (χ2n) is 5.71. The lowest BCUT2D eigenvalue weighted by atomic mass is 10.2. The van der Waals surface area contributed by atoms with Crippen LogP contribution in [0, 0.1) is 6.92 Å². The van der Waals surface area contributed by atoms with E-state index in [0.29, 0.717) is 10.9 Å². The van der Waals surface area contributed by atoms with Gasteiger partial charge in [-0.25, -0.2) is 8.42 Å². The Morgan fingerprint density at radius 3 is 2.54 bits per heavy atom. The van der Waals surface area contributed by atoms with Crippen molar-refractivity contribution in [3.63, 3.8) is 0 Å². The van der Waals surface area contributed by atoms with Gasteiger partial charge in [0.05, 0.1) is 10.9 Å². The SMILES string of the molecule is Cc1ccc(CSCCNC(=O)CN(C)S(=O)(=O)c2ccc(Cl)s2)cc1. The third-order valence-corrected chi connectivity index (χ3v) is 8.07. The molecule has 0 saturated carbocycles. The van der Waals surface area contributed by atoms with Crippen molar-refractivity contribution in [1.82, 2.24) is 9.62 Å². The van der Waals surface area contributed by atoms with Crippen LogP contribution in [0.2, 0.25) is 4.34 Å². The van der Waals surface area contributed by atoms with Crippen LogP contribution in [0.25, 0.3) is 0 Å². The summed E-state index contributed by atoms with van der Waals surface area (Å²) in [5, 5.41) is 2.75. The Kier molecular flexibility index (Phi) is 7.97. The molecule has 0 bridgehead atoms. The first-order chi connectivity index (χ1) is 12.3. The number of amides is 1. The molecule has 1 aromatic heterocycles. The van der Waals surface area contributed by atoms with Gasteiger partial charge in [-0.05, 0) is 24.6 Å². The summed E-state index contributed by atoms with van der Waals surface area (Å²) in [6, 6.07) is 11.3. The summed E-state index contributed by atoms with van der Waals surface area (Å²) >= 11 is 8.47. The zero-order valence-electron chi connectivity index (χ0n) is 14.6. The number of likely N-dealkylation sites (N-methyl/N-ethyl adjacent to an activating group) is 1. The summed E-state index contributed by atoms with van der Waals surface area (Å²) in [6.45, 7) is 2.32. The van der Waals surface area contributed by atoms with Crippen LogP contribution in [0.15, 0.2) is 40.6 Å². The lowest BCUT2D eigenvalue weighted by Gasteiger charge is -2.15. The molecule has 0 unspecified atom stereocenters. The van der Waals surface area contributed by atoms with Crippen LogP contribution >= 0.6 is 34.7 Å². The highest BCUT2D eigenvalue weighted by Gasteiger charge is 2.24. The van der Waals surface area contributed by atoms with E-state index in [9.17, 15) is 13.2 Å². The monoisotopic (exact) mass is 432 g/mol. The summed E-state index contributed by atoms with van der Waals surface area (Å²) < 4.78 is 26.2. The first-order valence-electron chi connectivity index (χ1n) is 7.90. The van der Waals surface area contributed by atoms with Gasteiger partial charge < -0.3 is 5.32 Å². The third-order valence-electron chi connectivity index (χ3n) is 3.54. The molecule has 2 rings (SSSR count). The van der Waals surface area contributed by atoms with Gasteiger partial charge in [-0.3, -0.25) is 4.79 Å². The maximum absolute atomic E-state index is 12.3. The molecule has 0 saturated heterocycles. The largest absolute Gasteiger partial charge is 0.354 e. The first-order valence-corrected chi connectivity index (χ1v) is 11.7. The van der Waals surface area contributed by atoms with Crippen LogP contribution in [-0.2, 0) is 20.6 Å². The minimum Gasteiger partial charge on any atom is -0.354 e. The maximum atomic E-state index is 12.3. The van der Waals surface area contributed by atoms with Crippen LogP contribution in [0.5, 0.6) is 0 Å². The van der Waals surface area contributed by atoms with Crippen molar-refractivity contribution in [3.8, 4) is 0 Å². The Morgan fingerprint density at radius 1 is 1.23 bits per heavy atom. The molecular formula is C17H21ClN2O3S3. The van der Waals surface area contributed by atoms with E-state index in [4.69, 9.17) is 11.6 Å². The molecular weight excluding hydrogens is 412 g/mol. The van der Waals surface area contributed by atoms with Gasteiger partial charge in [0.25, 0.3) is 10.0 Å². The molecule has 9 heteroatoms. The quantitative estimate of drug-likeness (QED) is 0.617. The van der Waals surface area contributed by atoms with Crippen LogP contribution < -0.4 is 5.32 Å². The Morgan fingerprint density at radius 2 is 1.92 bits per heavy atom. The molecule has 0 spiro atoms. The molecule has 0 radical (unpaired) electrons. The number of sulfonamides is 1. The molecule has 0 fully saturated rings. The Hall–Kier alpha value is -1.06. The van der Waals surface area contributed by atoms with Gasteiger partial charge in [0.1, 0.15) is 4.21 Å². The van der Waals surface area contributed by atoms with Gasteiger partial charge in [0.2, 0.25) is 5.91 Å². The molecule has 0 atom stereocenters. The molecule has 0 aliphatic heterocycles. The van der Waals surface area contributed by atoms with Crippen LogP contribution in [0.4, 0.5) is 0 Å². The predicted molar refractivity (Wildman–Crippen MR) is 109 cm³/mol. The minimum atomic E-state index is -3.69. The van der Waals surface area contributed by atoms with Gasteiger partial charge in [-0.1, -0.05) is 41.4 Å². The number of halogens is 1. The zero-order chi connectivity index (χ0) is 19.2. The number of hydrogen-bond donors (Lipinski definition) is 1. The van der Waals surface area contributed by atoms with Crippen molar-refractivity contribution in [3.05, 3.63) is 51.9 Å². The first kappa shape index (κ1) is 21.2. The van der Waals surface area contributed by atoms with E-state index in [2.05, 4.69) is 36.5 Å². The van der Waals surface area contributed by atoms with Crippen molar-refractivity contribution in [2.75, 3.05) is 25.9 Å². The van der Waals surface area contributed by atoms with Crippen LogP contribution in [0.3, 0.4) is 0 Å². The topological polar surface area (TPSA) is 66.5 Å². The number of nitrogens with one attached hydrogen (secondary N) is 1. The number of carbonyl (C=O) groups excluding carboxylic acids is 1. The Balaban J connectivity index is 1.70. The Bertz CT molecular complexity index is 835. The number of nitrogens with zero attached hydrogens (tertiary/aromatic N) is 1. The molecule has 5 nitrogen and oxygen atoms in total. The van der Waals surface area contributed by atoms with Gasteiger partial charge in [0.15, 0.2) is 0 Å². The second-order valence-corrected chi connectivity index (χ2v) is 10.8. The van der Waals surface area contributed by atoms with Crippen LogP contribution in [-0.4, -0.2) is 44.5 Å². The summed E-state index contributed by atoms with van der Waals surface area (Å²) in [6.07, 6.45) is 0. The fourth-order valence-corrected chi connectivity index (χ4v) is 5.71. The summed E-state index contributed by atoms with van der Waals surface area (Å²) in [5.41, 5.74) is 2.47. The van der Waals surface area contributed by atoms with Crippen LogP contribution in [0.1, 0.15) is 11.1 Å². The third kappa shape index (κ3) is 6.28. The van der Waals surface area contributed by atoms with Gasteiger partial charge in [-0.15, -0.1) is 11.3 Å². The number of hydrogen-bond acceptors (Lipinski definition) is 5. The molecule has 0 aliphatic carbocycles. The lowest BCUT2D eigenvalue weighted by molar-refractivity contribution is -0.121. The van der Waals surface area contributed by atoms with Crippen molar-refractivity contribution in [1.29, 1.82) is 0 Å². The van der Waals surface area contributed by atoms with Crippen molar-refractivity contribution >= 4 is 50.6 Å². The van der Waals surface area contributed by atoms with E-state index < -0.39 is 10.0 Å². The smallest absolute Gasteiger partial charge is 0.252 e.